The minimum absolute atomic E-state index is 0.159. The molecule has 0 amide bonds. The Morgan fingerprint density at radius 3 is 1.33 bits per heavy atom. The second-order valence-electron chi connectivity index (χ2n) is 18.7. The minimum Gasteiger partial charge on any atom is -0.462 e. The Bertz CT molecular complexity index is 1210. The third kappa shape index (κ3) is 26.8. The molecule has 66 heavy (non-hydrogen) atoms. The fourth-order valence-corrected chi connectivity index (χ4v) is 8.39. The summed E-state index contributed by atoms with van der Waals surface area (Å²) in [5, 5.41) is 72.1. The quantitative estimate of drug-likeness (QED) is 0.0180. The van der Waals surface area contributed by atoms with Gasteiger partial charge in [-0.25, -0.2) is 0 Å². The molecular formula is C51H94O15. The molecule has 0 radical (unpaired) electrons. The SMILES string of the molecule is CCCCCCCCC/C=C\CCCCCCCC(=O)OC(COC(=O)CCCCCCCCCCCCCCCC)COC1OC(COC2OC(CO)C(O)C(O)C2O)C(O)C(O)C1O. The second-order valence-corrected chi connectivity index (χ2v) is 18.7. The van der Waals surface area contributed by atoms with E-state index in [1.54, 1.807) is 0 Å². The molecule has 0 aromatic heterocycles. The summed E-state index contributed by atoms with van der Waals surface area (Å²) in [5.74, 6) is -0.924. The van der Waals surface area contributed by atoms with Gasteiger partial charge in [-0.05, 0) is 38.5 Å². The highest BCUT2D eigenvalue weighted by Gasteiger charge is 2.47. The van der Waals surface area contributed by atoms with Crippen LogP contribution >= 0.6 is 0 Å². The van der Waals surface area contributed by atoms with Crippen molar-refractivity contribution in [1.82, 2.24) is 0 Å². The molecule has 2 rings (SSSR count). The van der Waals surface area contributed by atoms with Crippen LogP contribution < -0.4 is 0 Å². The molecule has 7 N–H and O–H groups in total. The van der Waals surface area contributed by atoms with Gasteiger partial charge in [0.05, 0.1) is 19.8 Å². The zero-order chi connectivity index (χ0) is 48.2. The van der Waals surface area contributed by atoms with Crippen LogP contribution in [-0.2, 0) is 38.0 Å². The van der Waals surface area contributed by atoms with E-state index in [0.717, 1.165) is 57.8 Å². The molecule has 2 fully saturated rings. The van der Waals surface area contributed by atoms with Crippen LogP contribution in [0.3, 0.4) is 0 Å². The first-order valence-electron chi connectivity index (χ1n) is 26.3. The molecule has 0 bridgehead atoms. The van der Waals surface area contributed by atoms with Gasteiger partial charge in [0.2, 0.25) is 0 Å². The molecule has 2 saturated heterocycles. The van der Waals surface area contributed by atoms with E-state index in [2.05, 4.69) is 26.0 Å². The average Bonchev–Trinajstić information content (AvgIpc) is 3.31. The van der Waals surface area contributed by atoms with Gasteiger partial charge < -0.3 is 64.2 Å². The van der Waals surface area contributed by atoms with Crippen LogP contribution in [0, 0.1) is 0 Å². The van der Waals surface area contributed by atoms with Gasteiger partial charge in [0.1, 0.15) is 55.4 Å². The van der Waals surface area contributed by atoms with Crippen LogP contribution in [0.2, 0.25) is 0 Å². The van der Waals surface area contributed by atoms with E-state index in [9.17, 15) is 45.3 Å². The predicted octanol–water partition coefficient (Wildman–Crippen LogP) is 7.38. The lowest BCUT2D eigenvalue weighted by molar-refractivity contribution is -0.332. The van der Waals surface area contributed by atoms with Crippen molar-refractivity contribution in [2.75, 3.05) is 26.4 Å². The van der Waals surface area contributed by atoms with Gasteiger partial charge >= 0.3 is 11.9 Å². The molecule has 388 valence electrons. The number of esters is 2. The zero-order valence-electron chi connectivity index (χ0n) is 40.9. The maximum Gasteiger partial charge on any atom is 0.306 e. The van der Waals surface area contributed by atoms with E-state index < -0.39 is 92.7 Å². The number of hydrogen-bond acceptors (Lipinski definition) is 15. The molecular weight excluding hydrogens is 853 g/mol. The molecule has 0 aromatic rings. The van der Waals surface area contributed by atoms with Crippen molar-refractivity contribution >= 4 is 11.9 Å². The normalized spacial score (nSPS) is 26.2. The van der Waals surface area contributed by atoms with E-state index >= 15 is 0 Å². The van der Waals surface area contributed by atoms with Crippen molar-refractivity contribution in [3.63, 3.8) is 0 Å². The van der Waals surface area contributed by atoms with Crippen LogP contribution in [-0.4, -0.2) is 142 Å². The van der Waals surface area contributed by atoms with E-state index in [1.807, 2.05) is 0 Å². The number of carbonyl (C=O) groups is 2. The average molecular weight is 947 g/mol. The molecule has 0 spiro atoms. The van der Waals surface area contributed by atoms with Crippen molar-refractivity contribution in [2.24, 2.45) is 0 Å². The van der Waals surface area contributed by atoms with Crippen molar-refractivity contribution in [1.29, 1.82) is 0 Å². The Labute approximate surface area is 397 Å². The maximum atomic E-state index is 13.0. The molecule has 0 aliphatic carbocycles. The Morgan fingerprint density at radius 2 is 0.864 bits per heavy atom. The predicted molar refractivity (Wildman–Crippen MR) is 252 cm³/mol. The van der Waals surface area contributed by atoms with Crippen molar-refractivity contribution < 1.29 is 73.8 Å². The first-order chi connectivity index (χ1) is 32.0. The highest BCUT2D eigenvalue weighted by molar-refractivity contribution is 5.70. The standard InChI is InChI=1S/C51H94O15/c1-3-5-7-9-11-13-15-17-19-20-22-24-26-28-30-32-34-43(54)64-39(36-61-42(53)33-31-29-27-25-23-21-18-16-14-12-10-8-6-4-2)37-62-50-49(60)47(58)45(56)41(66-50)38-63-51-48(59)46(57)44(55)40(35-52)65-51/h19-20,39-41,44-52,55-60H,3-18,21-38H2,1-2H3/b20-19-. The van der Waals surface area contributed by atoms with Crippen LogP contribution in [0.4, 0.5) is 0 Å². The number of carbonyl (C=O) groups excluding carboxylic acids is 2. The summed E-state index contributed by atoms with van der Waals surface area (Å²) in [6, 6.07) is 0. The lowest BCUT2D eigenvalue weighted by Crippen LogP contribution is -2.61. The number of allylic oxidation sites excluding steroid dienone is 2. The monoisotopic (exact) mass is 947 g/mol. The summed E-state index contributed by atoms with van der Waals surface area (Å²) in [4.78, 5) is 25.8. The van der Waals surface area contributed by atoms with Gasteiger partial charge in [-0.3, -0.25) is 9.59 Å². The molecule has 15 heteroatoms. The third-order valence-corrected chi connectivity index (χ3v) is 12.7. The van der Waals surface area contributed by atoms with Crippen molar-refractivity contribution in [3.8, 4) is 0 Å². The molecule has 2 heterocycles. The van der Waals surface area contributed by atoms with Gasteiger partial charge in [0, 0.05) is 12.8 Å². The number of aliphatic hydroxyl groups excluding tert-OH is 7. The van der Waals surface area contributed by atoms with Crippen LogP contribution in [0.1, 0.15) is 206 Å². The number of ether oxygens (including phenoxy) is 6. The number of rotatable bonds is 41. The van der Waals surface area contributed by atoms with Gasteiger partial charge in [-0.1, -0.05) is 167 Å². The van der Waals surface area contributed by atoms with Crippen LogP contribution in [0.5, 0.6) is 0 Å². The van der Waals surface area contributed by atoms with Gasteiger partial charge in [0.25, 0.3) is 0 Å². The van der Waals surface area contributed by atoms with E-state index in [1.165, 1.54) is 109 Å². The fourth-order valence-electron chi connectivity index (χ4n) is 8.39. The summed E-state index contributed by atoms with van der Waals surface area (Å²) in [6.07, 6.45) is 20.9. The van der Waals surface area contributed by atoms with Crippen LogP contribution in [0.25, 0.3) is 0 Å². The number of unbranched alkanes of at least 4 members (excludes halogenated alkanes) is 25. The molecule has 15 nitrogen and oxygen atoms in total. The summed E-state index contributed by atoms with van der Waals surface area (Å²) >= 11 is 0. The smallest absolute Gasteiger partial charge is 0.306 e. The lowest BCUT2D eigenvalue weighted by Gasteiger charge is -2.42. The van der Waals surface area contributed by atoms with E-state index in [4.69, 9.17) is 28.4 Å². The number of aliphatic hydroxyl groups is 7. The van der Waals surface area contributed by atoms with Gasteiger partial charge in [-0.2, -0.15) is 0 Å². The lowest BCUT2D eigenvalue weighted by atomic mass is 9.98. The highest BCUT2D eigenvalue weighted by atomic mass is 16.7. The summed E-state index contributed by atoms with van der Waals surface area (Å²) in [5.41, 5.74) is 0. The van der Waals surface area contributed by atoms with E-state index in [0.29, 0.717) is 12.8 Å². The zero-order valence-corrected chi connectivity index (χ0v) is 40.9. The molecule has 11 atom stereocenters. The van der Waals surface area contributed by atoms with Crippen molar-refractivity contribution in [2.45, 2.75) is 274 Å². The highest BCUT2D eigenvalue weighted by Crippen LogP contribution is 2.26. The number of hydrogen-bond donors (Lipinski definition) is 7. The molecule has 11 unspecified atom stereocenters. The Morgan fingerprint density at radius 1 is 0.470 bits per heavy atom. The van der Waals surface area contributed by atoms with Crippen molar-refractivity contribution in [3.05, 3.63) is 12.2 Å². The third-order valence-electron chi connectivity index (χ3n) is 12.7. The largest absolute Gasteiger partial charge is 0.462 e. The summed E-state index contributed by atoms with van der Waals surface area (Å²) in [6.45, 7) is 2.60. The molecule has 0 saturated carbocycles. The molecule has 2 aliphatic heterocycles. The topological polar surface area (TPSA) is 231 Å². The first-order valence-corrected chi connectivity index (χ1v) is 26.3. The second kappa shape index (κ2) is 39.0. The fraction of sp³-hybridized carbons (Fsp3) is 0.922. The Balaban J connectivity index is 1.80. The molecule has 2 aliphatic rings. The Kier molecular flexibility index (Phi) is 35.7. The summed E-state index contributed by atoms with van der Waals surface area (Å²) in [7, 11) is 0. The van der Waals surface area contributed by atoms with Crippen LogP contribution in [0.15, 0.2) is 12.2 Å². The maximum absolute atomic E-state index is 13.0. The Hall–Kier alpha value is -1.76. The minimum atomic E-state index is -1.76. The van der Waals surface area contributed by atoms with Gasteiger partial charge in [-0.15, -0.1) is 0 Å². The summed E-state index contributed by atoms with van der Waals surface area (Å²) < 4.78 is 33.6. The van der Waals surface area contributed by atoms with Gasteiger partial charge in [0.15, 0.2) is 18.7 Å². The first kappa shape index (κ1) is 60.4. The van der Waals surface area contributed by atoms with E-state index in [-0.39, 0.29) is 26.1 Å². The molecule has 0 aromatic carbocycles.